The lowest BCUT2D eigenvalue weighted by Crippen LogP contribution is -2.19. The second-order valence-corrected chi connectivity index (χ2v) is 7.94. The summed E-state index contributed by atoms with van der Waals surface area (Å²) in [5.74, 6) is 0.367. The number of nitrogens with one attached hydrogen (secondary N) is 2. The molecule has 0 unspecified atom stereocenters. The number of anilines is 1. The van der Waals surface area contributed by atoms with Crippen molar-refractivity contribution in [3.8, 4) is 11.4 Å². The van der Waals surface area contributed by atoms with Gasteiger partial charge in [0.15, 0.2) is 11.6 Å². The van der Waals surface area contributed by atoms with Gasteiger partial charge in [0.1, 0.15) is 5.25 Å². The highest BCUT2D eigenvalue weighted by Crippen LogP contribution is 2.35. The summed E-state index contributed by atoms with van der Waals surface area (Å²) in [4.78, 5) is 29.4. The molecule has 1 heterocycles. The zero-order valence-corrected chi connectivity index (χ0v) is 17.6. The molecule has 2 N–H and O–H groups in total. The Labute approximate surface area is 184 Å². The van der Waals surface area contributed by atoms with Crippen molar-refractivity contribution in [2.75, 3.05) is 5.32 Å². The highest BCUT2D eigenvalue weighted by atomic mass is 32.2. The molecule has 0 bridgehead atoms. The Morgan fingerprint density at radius 2 is 1.65 bits per heavy atom. The molecule has 0 spiro atoms. The Kier molecular flexibility index (Phi) is 6.24. The van der Waals surface area contributed by atoms with Crippen molar-refractivity contribution in [1.29, 1.82) is 0 Å². The standard InChI is InChI=1S/C24H20N4O2S/c1-16(29)19-13-8-14-20(15-19)25-23(30)21(17-9-4-2-5-10-17)31-24-26-22(27-28-24)18-11-6-3-7-12-18/h2-15,21H,1H3,(H,25,30)(H,26,27,28)/t21-/m1/s1. The molecule has 7 heteroatoms. The van der Waals surface area contributed by atoms with Gasteiger partial charge in [-0.3, -0.25) is 14.7 Å². The lowest BCUT2D eigenvalue weighted by molar-refractivity contribution is -0.115. The number of hydrogen-bond acceptors (Lipinski definition) is 5. The van der Waals surface area contributed by atoms with Crippen LogP contribution in [0.15, 0.2) is 90.1 Å². The van der Waals surface area contributed by atoms with Gasteiger partial charge in [-0.05, 0) is 24.6 Å². The van der Waals surface area contributed by atoms with Crippen LogP contribution in [0.2, 0.25) is 0 Å². The second-order valence-electron chi connectivity index (χ2n) is 6.87. The smallest absolute Gasteiger partial charge is 0.242 e. The number of carbonyl (C=O) groups excluding carboxylic acids is 2. The summed E-state index contributed by atoms with van der Waals surface area (Å²) < 4.78 is 0. The van der Waals surface area contributed by atoms with E-state index in [9.17, 15) is 9.59 Å². The number of hydrogen-bond donors (Lipinski definition) is 2. The summed E-state index contributed by atoms with van der Waals surface area (Å²) in [6.07, 6.45) is 0. The monoisotopic (exact) mass is 428 g/mol. The third kappa shape index (κ3) is 5.07. The Bertz CT molecular complexity index is 1190. The Morgan fingerprint density at radius 1 is 0.935 bits per heavy atom. The molecule has 3 aromatic carbocycles. The molecule has 1 amide bonds. The van der Waals surface area contributed by atoms with E-state index in [-0.39, 0.29) is 11.7 Å². The average Bonchev–Trinajstić information content (AvgIpc) is 3.27. The minimum absolute atomic E-state index is 0.0563. The molecule has 4 aromatic rings. The van der Waals surface area contributed by atoms with Gasteiger partial charge in [-0.1, -0.05) is 84.6 Å². The van der Waals surface area contributed by atoms with Crippen LogP contribution in [0.25, 0.3) is 11.4 Å². The van der Waals surface area contributed by atoms with E-state index < -0.39 is 5.25 Å². The van der Waals surface area contributed by atoms with Crippen molar-refractivity contribution in [1.82, 2.24) is 15.2 Å². The maximum Gasteiger partial charge on any atom is 0.242 e. The van der Waals surface area contributed by atoms with E-state index in [1.54, 1.807) is 24.3 Å². The zero-order chi connectivity index (χ0) is 21.6. The molecular formula is C24H20N4O2S. The molecular weight excluding hydrogens is 408 g/mol. The van der Waals surface area contributed by atoms with Crippen molar-refractivity contribution < 1.29 is 9.59 Å². The number of rotatable bonds is 7. The summed E-state index contributed by atoms with van der Waals surface area (Å²) in [5.41, 5.74) is 2.87. The molecule has 6 nitrogen and oxygen atoms in total. The van der Waals surface area contributed by atoms with Gasteiger partial charge in [0.2, 0.25) is 11.1 Å². The fourth-order valence-corrected chi connectivity index (χ4v) is 3.97. The predicted octanol–water partition coefficient (Wildman–Crippen LogP) is 5.15. The van der Waals surface area contributed by atoms with Crippen LogP contribution >= 0.6 is 11.8 Å². The van der Waals surface area contributed by atoms with Crippen LogP contribution < -0.4 is 5.32 Å². The maximum atomic E-state index is 13.2. The van der Waals surface area contributed by atoms with Crippen molar-refractivity contribution in [2.24, 2.45) is 0 Å². The zero-order valence-electron chi connectivity index (χ0n) is 16.8. The van der Waals surface area contributed by atoms with E-state index in [1.165, 1.54) is 18.7 Å². The van der Waals surface area contributed by atoms with Crippen LogP contribution in [-0.4, -0.2) is 26.9 Å². The number of Topliss-reactive ketones (excluding diaryl/α,β-unsaturated/α-hetero) is 1. The van der Waals surface area contributed by atoms with E-state index in [0.717, 1.165) is 11.1 Å². The van der Waals surface area contributed by atoms with Crippen molar-refractivity contribution >= 4 is 29.1 Å². The van der Waals surface area contributed by atoms with Crippen LogP contribution in [0.5, 0.6) is 0 Å². The number of H-pyrrole nitrogens is 1. The second kappa shape index (κ2) is 9.40. The van der Waals surface area contributed by atoms with Gasteiger partial charge in [0.25, 0.3) is 0 Å². The van der Waals surface area contributed by atoms with Crippen molar-refractivity contribution in [2.45, 2.75) is 17.3 Å². The van der Waals surface area contributed by atoms with E-state index in [0.29, 0.717) is 22.2 Å². The largest absolute Gasteiger partial charge is 0.325 e. The van der Waals surface area contributed by atoms with E-state index in [1.807, 2.05) is 60.7 Å². The topological polar surface area (TPSA) is 87.7 Å². The van der Waals surface area contributed by atoms with Crippen LogP contribution in [0.3, 0.4) is 0 Å². The van der Waals surface area contributed by atoms with Gasteiger partial charge in [-0.2, -0.15) is 0 Å². The van der Waals surface area contributed by atoms with Crippen LogP contribution in [0.1, 0.15) is 28.1 Å². The summed E-state index contributed by atoms with van der Waals surface area (Å²) in [6, 6.07) is 26.1. The van der Waals surface area contributed by atoms with Crippen LogP contribution in [-0.2, 0) is 4.79 Å². The lowest BCUT2D eigenvalue weighted by atomic mass is 10.1. The van der Waals surface area contributed by atoms with Gasteiger partial charge in [-0.15, -0.1) is 5.10 Å². The molecule has 0 saturated carbocycles. The van der Waals surface area contributed by atoms with Crippen molar-refractivity contribution in [3.05, 3.63) is 96.1 Å². The quantitative estimate of drug-likeness (QED) is 0.314. The number of aromatic amines is 1. The van der Waals surface area contributed by atoms with Crippen LogP contribution in [0.4, 0.5) is 5.69 Å². The van der Waals surface area contributed by atoms with Gasteiger partial charge >= 0.3 is 0 Å². The third-order valence-electron chi connectivity index (χ3n) is 4.61. The summed E-state index contributed by atoms with van der Waals surface area (Å²) in [5, 5.41) is 10.0. The SMILES string of the molecule is CC(=O)c1cccc(NC(=O)[C@H](Sc2n[nH]c(-c3ccccc3)n2)c2ccccc2)c1. The highest BCUT2D eigenvalue weighted by molar-refractivity contribution is 8.00. The number of carbonyl (C=O) groups is 2. The molecule has 1 atom stereocenters. The number of ketones is 1. The van der Waals surface area contributed by atoms with Crippen molar-refractivity contribution in [3.63, 3.8) is 0 Å². The van der Waals surface area contributed by atoms with Gasteiger partial charge < -0.3 is 5.32 Å². The first-order valence-corrected chi connectivity index (χ1v) is 10.6. The number of amides is 1. The van der Waals surface area contributed by atoms with E-state index in [2.05, 4.69) is 20.5 Å². The van der Waals surface area contributed by atoms with E-state index >= 15 is 0 Å². The Balaban J connectivity index is 1.58. The normalized spacial score (nSPS) is 11.6. The molecule has 31 heavy (non-hydrogen) atoms. The fraction of sp³-hybridized carbons (Fsp3) is 0.0833. The summed E-state index contributed by atoms with van der Waals surface area (Å²) in [7, 11) is 0. The molecule has 0 fully saturated rings. The predicted molar refractivity (Wildman–Crippen MR) is 122 cm³/mol. The molecule has 1 aromatic heterocycles. The minimum Gasteiger partial charge on any atom is -0.325 e. The molecule has 0 aliphatic heterocycles. The first-order valence-electron chi connectivity index (χ1n) is 9.71. The minimum atomic E-state index is -0.568. The molecule has 0 saturated heterocycles. The van der Waals surface area contributed by atoms with Gasteiger partial charge in [0, 0.05) is 16.8 Å². The highest BCUT2D eigenvalue weighted by Gasteiger charge is 2.24. The lowest BCUT2D eigenvalue weighted by Gasteiger charge is -2.15. The molecule has 154 valence electrons. The number of aromatic nitrogens is 3. The Hall–Kier alpha value is -3.71. The molecule has 0 radical (unpaired) electrons. The van der Waals surface area contributed by atoms with Crippen LogP contribution in [0, 0.1) is 0 Å². The van der Waals surface area contributed by atoms with Gasteiger partial charge in [0.05, 0.1) is 0 Å². The van der Waals surface area contributed by atoms with E-state index in [4.69, 9.17) is 0 Å². The first kappa shape index (κ1) is 20.6. The molecule has 0 aliphatic carbocycles. The number of thioether (sulfide) groups is 1. The number of nitrogens with zero attached hydrogens (tertiary/aromatic N) is 2. The first-order chi connectivity index (χ1) is 15.1. The van der Waals surface area contributed by atoms with Gasteiger partial charge in [-0.25, -0.2) is 4.98 Å². The molecule has 4 rings (SSSR count). The number of benzene rings is 3. The molecule has 0 aliphatic rings. The summed E-state index contributed by atoms with van der Waals surface area (Å²) >= 11 is 1.26. The Morgan fingerprint density at radius 3 is 2.35 bits per heavy atom. The fourth-order valence-electron chi connectivity index (χ4n) is 3.05. The third-order valence-corrected chi connectivity index (χ3v) is 5.73. The average molecular weight is 429 g/mol. The summed E-state index contributed by atoms with van der Waals surface area (Å²) in [6.45, 7) is 1.50. The maximum absolute atomic E-state index is 13.2.